The normalized spacial score (nSPS) is 13.2. The van der Waals surface area contributed by atoms with Crippen LogP contribution in [0.3, 0.4) is 0 Å². The molecule has 0 bridgehead atoms. The van der Waals surface area contributed by atoms with Gasteiger partial charge in [-0.05, 0) is 48.9 Å². The lowest BCUT2D eigenvalue weighted by Gasteiger charge is -2.24. The van der Waals surface area contributed by atoms with Gasteiger partial charge in [-0.2, -0.15) is 0 Å². The molecule has 1 unspecified atom stereocenters. The molecule has 2 N–H and O–H groups in total. The first-order chi connectivity index (χ1) is 7.51. The van der Waals surface area contributed by atoms with Crippen molar-refractivity contribution in [1.82, 2.24) is 0 Å². The third-order valence-electron chi connectivity index (χ3n) is 3.80. The number of nitrogens with two attached hydrogens (primary N) is 1. The Morgan fingerprint density at radius 1 is 0.938 bits per heavy atom. The number of rotatable bonds is 4. The summed E-state index contributed by atoms with van der Waals surface area (Å²) < 4.78 is 0. The molecule has 1 atom stereocenters. The maximum atomic E-state index is 6.38. The van der Waals surface area contributed by atoms with Gasteiger partial charge in [0, 0.05) is 6.04 Å². The zero-order chi connectivity index (χ0) is 12.3. The third-order valence-corrected chi connectivity index (χ3v) is 3.80. The molecule has 0 heterocycles. The highest BCUT2D eigenvalue weighted by Crippen LogP contribution is 2.28. The Morgan fingerprint density at radius 2 is 1.44 bits per heavy atom. The smallest absolute Gasteiger partial charge is 0.0326 e. The van der Waals surface area contributed by atoms with Crippen LogP contribution in [0.1, 0.15) is 55.0 Å². The Bertz CT molecular complexity index is 351. The molecule has 0 radical (unpaired) electrons. The van der Waals surface area contributed by atoms with Crippen molar-refractivity contribution in [2.75, 3.05) is 0 Å². The predicted octanol–water partition coefficient (Wildman–Crippen LogP) is 4.05. The van der Waals surface area contributed by atoms with Crippen LogP contribution in [0.25, 0.3) is 0 Å². The zero-order valence-corrected chi connectivity index (χ0v) is 11.3. The van der Waals surface area contributed by atoms with E-state index in [0.717, 1.165) is 12.8 Å². The van der Waals surface area contributed by atoms with Gasteiger partial charge in [0.25, 0.3) is 0 Å². The van der Waals surface area contributed by atoms with Crippen molar-refractivity contribution in [1.29, 1.82) is 0 Å². The van der Waals surface area contributed by atoms with E-state index in [4.69, 9.17) is 5.73 Å². The minimum atomic E-state index is 0.189. The van der Waals surface area contributed by atoms with E-state index in [2.05, 4.69) is 46.8 Å². The highest BCUT2D eigenvalue weighted by Gasteiger charge is 2.18. The van der Waals surface area contributed by atoms with Crippen LogP contribution in [0.15, 0.2) is 12.1 Å². The lowest BCUT2D eigenvalue weighted by Crippen LogP contribution is -2.21. The average molecular weight is 219 g/mol. The topological polar surface area (TPSA) is 26.0 Å². The van der Waals surface area contributed by atoms with Crippen molar-refractivity contribution in [3.63, 3.8) is 0 Å². The molecule has 0 fully saturated rings. The van der Waals surface area contributed by atoms with E-state index in [1.165, 1.54) is 22.3 Å². The Kier molecular flexibility index (Phi) is 4.55. The van der Waals surface area contributed by atoms with Gasteiger partial charge >= 0.3 is 0 Å². The quantitative estimate of drug-likeness (QED) is 0.812. The molecule has 0 aliphatic rings. The summed E-state index contributed by atoms with van der Waals surface area (Å²) in [5.74, 6) is 0.598. The molecular weight excluding hydrogens is 194 g/mol. The average Bonchev–Trinajstić information content (AvgIpc) is 2.25. The molecule has 1 aromatic rings. The molecule has 0 spiro atoms. The van der Waals surface area contributed by atoms with Crippen molar-refractivity contribution < 1.29 is 0 Å². The summed E-state index contributed by atoms with van der Waals surface area (Å²) in [4.78, 5) is 0. The summed E-state index contributed by atoms with van der Waals surface area (Å²) in [6.45, 7) is 10.9. The SMILES string of the molecule is CCC(CC)C(N)c1cc(C)c(C)cc1C. The van der Waals surface area contributed by atoms with Gasteiger partial charge < -0.3 is 5.73 Å². The molecule has 1 nitrogen and oxygen atoms in total. The van der Waals surface area contributed by atoms with Crippen LogP contribution in [0.4, 0.5) is 0 Å². The van der Waals surface area contributed by atoms with Crippen LogP contribution in [0.5, 0.6) is 0 Å². The summed E-state index contributed by atoms with van der Waals surface area (Å²) >= 11 is 0. The molecule has 90 valence electrons. The van der Waals surface area contributed by atoms with Crippen LogP contribution < -0.4 is 5.73 Å². The van der Waals surface area contributed by atoms with E-state index in [1.807, 2.05) is 0 Å². The van der Waals surface area contributed by atoms with Crippen LogP contribution in [0.2, 0.25) is 0 Å². The van der Waals surface area contributed by atoms with Gasteiger partial charge in [-0.15, -0.1) is 0 Å². The summed E-state index contributed by atoms with van der Waals surface area (Å²) in [5.41, 5.74) is 11.8. The van der Waals surface area contributed by atoms with Crippen molar-refractivity contribution >= 4 is 0 Å². The maximum Gasteiger partial charge on any atom is 0.0326 e. The van der Waals surface area contributed by atoms with Crippen LogP contribution in [-0.4, -0.2) is 0 Å². The standard InChI is InChI=1S/C15H25N/c1-6-13(7-2)15(16)14-9-11(4)10(3)8-12(14)5/h8-9,13,15H,6-7,16H2,1-5H3. The van der Waals surface area contributed by atoms with Crippen molar-refractivity contribution in [3.8, 4) is 0 Å². The molecule has 0 aliphatic heterocycles. The predicted molar refractivity (Wildman–Crippen MR) is 71.7 cm³/mol. The van der Waals surface area contributed by atoms with E-state index < -0.39 is 0 Å². The van der Waals surface area contributed by atoms with Gasteiger partial charge in [-0.3, -0.25) is 0 Å². The lowest BCUT2D eigenvalue weighted by atomic mass is 9.86. The second-order valence-corrected chi connectivity index (χ2v) is 4.90. The Balaban J connectivity index is 3.07. The molecular formula is C15H25N. The number of aryl methyl sites for hydroxylation is 3. The minimum Gasteiger partial charge on any atom is -0.324 e. The van der Waals surface area contributed by atoms with Crippen LogP contribution >= 0.6 is 0 Å². The van der Waals surface area contributed by atoms with Crippen LogP contribution in [-0.2, 0) is 0 Å². The van der Waals surface area contributed by atoms with Gasteiger partial charge in [0.1, 0.15) is 0 Å². The molecule has 1 heteroatoms. The summed E-state index contributed by atoms with van der Waals surface area (Å²) in [5, 5.41) is 0. The largest absolute Gasteiger partial charge is 0.324 e. The second kappa shape index (κ2) is 5.49. The van der Waals surface area contributed by atoms with E-state index >= 15 is 0 Å². The summed E-state index contributed by atoms with van der Waals surface area (Å²) in [6.07, 6.45) is 2.31. The first-order valence-corrected chi connectivity index (χ1v) is 6.34. The van der Waals surface area contributed by atoms with Crippen molar-refractivity contribution in [3.05, 3.63) is 34.4 Å². The molecule has 0 saturated heterocycles. The summed E-state index contributed by atoms with van der Waals surface area (Å²) in [6, 6.07) is 4.72. The third kappa shape index (κ3) is 2.65. The molecule has 0 aliphatic carbocycles. The number of benzene rings is 1. The van der Waals surface area contributed by atoms with Crippen molar-refractivity contribution in [2.24, 2.45) is 11.7 Å². The van der Waals surface area contributed by atoms with Crippen molar-refractivity contribution in [2.45, 2.75) is 53.5 Å². The van der Waals surface area contributed by atoms with Crippen LogP contribution in [0, 0.1) is 26.7 Å². The maximum absolute atomic E-state index is 6.38. The molecule has 16 heavy (non-hydrogen) atoms. The fourth-order valence-electron chi connectivity index (χ4n) is 2.39. The van der Waals surface area contributed by atoms with Gasteiger partial charge in [0.05, 0.1) is 0 Å². The summed E-state index contributed by atoms with van der Waals surface area (Å²) in [7, 11) is 0. The molecule has 0 saturated carbocycles. The molecule has 0 amide bonds. The Hall–Kier alpha value is -0.820. The Labute approximate surface area is 100 Å². The monoisotopic (exact) mass is 219 g/mol. The van der Waals surface area contributed by atoms with Gasteiger partial charge in [-0.1, -0.05) is 38.8 Å². The highest BCUT2D eigenvalue weighted by atomic mass is 14.7. The second-order valence-electron chi connectivity index (χ2n) is 4.90. The molecule has 1 aromatic carbocycles. The van der Waals surface area contributed by atoms with Gasteiger partial charge in [0.2, 0.25) is 0 Å². The highest BCUT2D eigenvalue weighted by molar-refractivity contribution is 5.38. The first-order valence-electron chi connectivity index (χ1n) is 6.34. The van der Waals surface area contributed by atoms with E-state index in [1.54, 1.807) is 0 Å². The number of hydrogen-bond donors (Lipinski definition) is 1. The number of hydrogen-bond acceptors (Lipinski definition) is 1. The zero-order valence-electron chi connectivity index (χ0n) is 11.3. The van der Waals surface area contributed by atoms with E-state index in [-0.39, 0.29) is 6.04 Å². The lowest BCUT2D eigenvalue weighted by molar-refractivity contribution is 0.404. The fourth-order valence-corrected chi connectivity index (χ4v) is 2.39. The molecule has 1 rings (SSSR count). The minimum absolute atomic E-state index is 0.189. The van der Waals surface area contributed by atoms with E-state index in [0.29, 0.717) is 5.92 Å². The van der Waals surface area contributed by atoms with Gasteiger partial charge in [0.15, 0.2) is 0 Å². The first kappa shape index (κ1) is 13.2. The molecule has 0 aromatic heterocycles. The fraction of sp³-hybridized carbons (Fsp3) is 0.600. The van der Waals surface area contributed by atoms with E-state index in [9.17, 15) is 0 Å². The Morgan fingerprint density at radius 3 is 1.94 bits per heavy atom. The van der Waals surface area contributed by atoms with Gasteiger partial charge in [-0.25, -0.2) is 0 Å².